The van der Waals surface area contributed by atoms with E-state index in [4.69, 9.17) is 15.4 Å². The number of carboxylic acids is 1. The molecule has 1 aromatic heterocycles. The molecule has 4 rings (SSSR count). The zero-order chi connectivity index (χ0) is 24.5. The topological polar surface area (TPSA) is 115 Å². The normalized spacial score (nSPS) is 22.7. The first kappa shape index (κ1) is 24.0. The Morgan fingerprint density at radius 1 is 1.26 bits per heavy atom. The first-order valence-corrected chi connectivity index (χ1v) is 11.6. The van der Waals surface area contributed by atoms with Gasteiger partial charge in [-0.25, -0.2) is 8.78 Å². The second-order valence-corrected chi connectivity index (χ2v) is 9.49. The number of carboxylic acid groups (broad SMARTS) is 1. The van der Waals surface area contributed by atoms with Crippen molar-refractivity contribution in [3.63, 3.8) is 0 Å². The summed E-state index contributed by atoms with van der Waals surface area (Å²) in [5, 5.41) is 13.2. The number of aliphatic carboxylic acids is 1. The van der Waals surface area contributed by atoms with Crippen LogP contribution in [0.2, 0.25) is 0 Å². The van der Waals surface area contributed by atoms with Gasteiger partial charge in [0.05, 0.1) is 17.0 Å². The van der Waals surface area contributed by atoms with Crippen LogP contribution in [0.5, 0.6) is 0 Å². The fraction of sp³-hybridized carbons (Fsp3) is 0.520. The summed E-state index contributed by atoms with van der Waals surface area (Å²) in [6.07, 6.45) is 2.47. The van der Waals surface area contributed by atoms with Crippen LogP contribution >= 0.6 is 0 Å². The maximum atomic E-state index is 13.6. The zero-order valence-corrected chi connectivity index (χ0v) is 19.4. The Morgan fingerprint density at radius 2 is 1.91 bits per heavy atom. The van der Waals surface area contributed by atoms with Crippen molar-refractivity contribution < 1.29 is 23.2 Å². The van der Waals surface area contributed by atoms with E-state index in [1.807, 2.05) is 6.07 Å². The van der Waals surface area contributed by atoms with Gasteiger partial charge in [-0.15, -0.1) is 0 Å². The lowest BCUT2D eigenvalue weighted by Gasteiger charge is -2.24. The summed E-state index contributed by atoms with van der Waals surface area (Å²) in [7, 11) is 0. The van der Waals surface area contributed by atoms with Crippen LogP contribution in [-0.4, -0.2) is 39.9 Å². The SMILES string of the molecule is Cc1cccc(C)c1C1(c2noc(/C(N)=C/C(=NCC3CCC(C(=O)O)CC3)C(F)F)n2)CC1. The van der Waals surface area contributed by atoms with Crippen molar-refractivity contribution in [2.45, 2.75) is 64.2 Å². The molecule has 3 N–H and O–H groups in total. The average molecular weight is 473 g/mol. The minimum absolute atomic E-state index is 0.00262. The van der Waals surface area contributed by atoms with Crippen molar-refractivity contribution in [2.75, 3.05) is 6.54 Å². The molecular formula is C25H30F2N4O3. The molecule has 9 heteroatoms. The lowest BCUT2D eigenvalue weighted by Crippen LogP contribution is -2.23. The number of hydrogen-bond acceptors (Lipinski definition) is 6. The zero-order valence-electron chi connectivity index (χ0n) is 19.4. The van der Waals surface area contributed by atoms with Crippen molar-refractivity contribution in [3.05, 3.63) is 52.7 Å². The van der Waals surface area contributed by atoms with Crippen molar-refractivity contribution in [1.29, 1.82) is 0 Å². The van der Waals surface area contributed by atoms with E-state index in [2.05, 4.69) is 41.1 Å². The summed E-state index contributed by atoms with van der Waals surface area (Å²) < 4.78 is 32.6. The van der Waals surface area contributed by atoms with Gasteiger partial charge in [-0.05, 0) is 81.1 Å². The fourth-order valence-electron chi connectivity index (χ4n) is 5.04. The molecule has 2 aliphatic carbocycles. The highest BCUT2D eigenvalue weighted by atomic mass is 19.3. The number of hydrogen-bond donors (Lipinski definition) is 2. The first-order chi connectivity index (χ1) is 16.2. The molecule has 2 aliphatic rings. The van der Waals surface area contributed by atoms with Gasteiger partial charge in [-0.2, -0.15) is 4.98 Å². The third-order valence-corrected chi connectivity index (χ3v) is 7.07. The minimum atomic E-state index is -2.80. The van der Waals surface area contributed by atoms with Crippen molar-refractivity contribution in [1.82, 2.24) is 10.1 Å². The minimum Gasteiger partial charge on any atom is -0.481 e. The van der Waals surface area contributed by atoms with Crippen molar-refractivity contribution in [3.8, 4) is 0 Å². The second kappa shape index (κ2) is 9.64. The molecule has 0 bridgehead atoms. The van der Waals surface area contributed by atoms with E-state index in [1.165, 1.54) is 5.56 Å². The molecule has 0 amide bonds. The van der Waals surface area contributed by atoms with E-state index in [9.17, 15) is 13.6 Å². The van der Waals surface area contributed by atoms with Gasteiger partial charge < -0.3 is 15.4 Å². The third kappa shape index (κ3) is 4.88. The van der Waals surface area contributed by atoms with Crippen LogP contribution in [0.4, 0.5) is 8.78 Å². The standard InChI is InChI=1S/C25H30F2N4O3/c1-14-4-3-5-15(2)20(14)25(10-11-25)24-30-22(34-31-24)18(28)12-19(21(26)27)29-13-16-6-8-17(9-7-16)23(32)33/h3-5,12,16-17,21H,6-11,13,28H2,1-2H3,(H,32,33)/b18-12-,29-19?. The van der Waals surface area contributed by atoms with E-state index in [0.29, 0.717) is 31.5 Å². The van der Waals surface area contributed by atoms with Crippen LogP contribution in [0.1, 0.15) is 66.9 Å². The van der Waals surface area contributed by atoms with Crippen LogP contribution in [0.25, 0.3) is 5.70 Å². The maximum absolute atomic E-state index is 13.6. The molecule has 182 valence electrons. The van der Waals surface area contributed by atoms with Gasteiger partial charge in [-0.1, -0.05) is 23.4 Å². The lowest BCUT2D eigenvalue weighted by molar-refractivity contribution is -0.143. The van der Waals surface area contributed by atoms with E-state index in [1.54, 1.807) is 0 Å². The number of nitrogens with two attached hydrogens (primary N) is 1. The van der Waals surface area contributed by atoms with E-state index in [0.717, 1.165) is 30.0 Å². The van der Waals surface area contributed by atoms with Gasteiger partial charge in [-0.3, -0.25) is 9.79 Å². The highest BCUT2D eigenvalue weighted by Crippen LogP contribution is 2.54. The Kier molecular flexibility index (Phi) is 6.81. The molecule has 0 atom stereocenters. The number of benzene rings is 1. The van der Waals surface area contributed by atoms with Gasteiger partial charge in [0.15, 0.2) is 5.82 Å². The van der Waals surface area contributed by atoms with Crippen LogP contribution < -0.4 is 5.73 Å². The molecule has 0 aliphatic heterocycles. The van der Waals surface area contributed by atoms with Crippen molar-refractivity contribution in [2.24, 2.45) is 22.6 Å². The predicted octanol–water partition coefficient (Wildman–Crippen LogP) is 4.66. The number of aromatic nitrogens is 2. The Morgan fingerprint density at radius 3 is 2.47 bits per heavy atom. The summed E-state index contributed by atoms with van der Waals surface area (Å²) >= 11 is 0. The van der Waals surface area contributed by atoms with Gasteiger partial charge in [0, 0.05) is 6.54 Å². The molecule has 0 saturated heterocycles. The first-order valence-electron chi connectivity index (χ1n) is 11.6. The van der Waals surface area contributed by atoms with Gasteiger partial charge in [0.25, 0.3) is 12.3 Å². The smallest absolute Gasteiger partial charge is 0.306 e. The number of carbonyl (C=O) groups is 1. The number of aryl methyl sites for hydroxylation is 2. The van der Waals surface area contributed by atoms with Gasteiger partial charge >= 0.3 is 5.97 Å². The second-order valence-electron chi connectivity index (χ2n) is 9.49. The highest BCUT2D eigenvalue weighted by Gasteiger charge is 2.51. The van der Waals surface area contributed by atoms with Crippen LogP contribution in [0.3, 0.4) is 0 Å². The number of aliphatic imine (C=N–C) groups is 1. The molecule has 1 aromatic carbocycles. The largest absolute Gasteiger partial charge is 0.481 e. The molecule has 0 unspecified atom stereocenters. The Balaban J connectivity index is 1.49. The van der Waals surface area contributed by atoms with Crippen molar-refractivity contribution >= 4 is 17.4 Å². The molecular weight excluding hydrogens is 442 g/mol. The number of allylic oxidation sites excluding steroid dienone is 1. The maximum Gasteiger partial charge on any atom is 0.306 e. The average Bonchev–Trinajstić information content (AvgIpc) is 3.42. The molecule has 0 spiro atoms. The summed E-state index contributed by atoms with van der Waals surface area (Å²) in [5.41, 5.74) is 8.72. The fourth-order valence-corrected chi connectivity index (χ4v) is 5.04. The van der Waals surface area contributed by atoms with Crippen LogP contribution in [-0.2, 0) is 10.2 Å². The molecule has 34 heavy (non-hydrogen) atoms. The Bertz CT molecular complexity index is 1090. The number of alkyl halides is 2. The highest BCUT2D eigenvalue weighted by molar-refractivity contribution is 6.02. The third-order valence-electron chi connectivity index (χ3n) is 7.07. The van der Waals surface area contributed by atoms with E-state index < -0.39 is 18.1 Å². The molecule has 2 saturated carbocycles. The number of nitrogens with zero attached hydrogens (tertiary/aromatic N) is 3. The van der Waals surface area contributed by atoms with Gasteiger partial charge in [0.2, 0.25) is 0 Å². The van der Waals surface area contributed by atoms with E-state index >= 15 is 0 Å². The molecule has 0 radical (unpaired) electrons. The van der Waals surface area contributed by atoms with Gasteiger partial charge in [0.1, 0.15) is 5.71 Å². The molecule has 2 fully saturated rings. The Hall–Kier alpha value is -3.10. The summed E-state index contributed by atoms with van der Waals surface area (Å²) in [4.78, 5) is 19.6. The monoisotopic (exact) mass is 472 g/mol. The quantitative estimate of drug-likeness (QED) is 0.540. The summed E-state index contributed by atoms with van der Waals surface area (Å²) in [6.45, 7) is 4.31. The van der Waals surface area contributed by atoms with Crippen LogP contribution in [0, 0.1) is 25.7 Å². The summed E-state index contributed by atoms with van der Waals surface area (Å²) in [6, 6.07) is 6.12. The van der Waals surface area contributed by atoms with Crippen LogP contribution in [0.15, 0.2) is 33.8 Å². The number of rotatable bonds is 8. The lowest BCUT2D eigenvalue weighted by atomic mass is 9.82. The molecule has 7 nitrogen and oxygen atoms in total. The number of halogens is 2. The molecule has 1 heterocycles. The summed E-state index contributed by atoms with van der Waals surface area (Å²) in [5.74, 6) is -0.545. The van der Waals surface area contributed by atoms with E-state index in [-0.39, 0.29) is 35.4 Å². The Labute approximate surface area is 197 Å². The molecule has 2 aromatic rings. The predicted molar refractivity (Wildman–Crippen MR) is 124 cm³/mol.